The van der Waals surface area contributed by atoms with Crippen molar-refractivity contribution < 1.29 is 9.53 Å². The molecule has 2 N–H and O–H groups in total. The van der Waals surface area contributed by atoms with Crippen LogP contribution in [0.3, 0.4) is 0 Å². The van der Waals surface area contributed by atoms with Gasteiger partial charge in [-0.2, -0.15) is 0 Å². The molecule has 0 saturated heterocycles. The Hall–Kier alpha value is -2.34. The third kappa shape index (κ3) is 2.62. The van der Waals surface area contributed by atoms with E-state index < -0.39 is 0 Å². The van der Waals surface area contributed by atoms with Crippen LogP contribution in [0, 0.1) is 0 Å². The zero-order chi connectivity index (χ0) is 14.8. The Kier molecular flexibility index (Phi) is 3.62. The van der Waals surface area contributed by atoms with Gasteiger partial charge in [0.25, 0.3) is 5.91 Å². The second-order valence-electron chi connectivity index (χ2n) is 4.41. The molecular formula is C15H12BrN3O2. The van der Waals surface area contributed by atoms with E-state index in [1.807, 2.05) is 6.07 Å². The first-order chi connectivity index (χ1) is 10.2. The van der Waals surface area contributed by atoms with E-state index in [9.17, 15) is 4.79 Å². The molecule has 0 spiro atoms. The molecule has 3 rings (SSSR count). The van der Waals surface area contributed by atoms with Gasteiger partial charge in [-0.25, -0.2) is 4.98 Å². The molecule has 0 aliphatic carbocycles. The van der Waals surface area contributed by atoms with Crippen LogP contribution in [0.5, 0.6) is 5.75 Å². The van der Waals surface area contributed by atoms with Crippen molar-refractivity contribution in [2.24, 2.45) is 0 Å². The summed E-state index contributed by atoms with van der Waals surface area (Å²) in [7, 11) is 1.59. The number of carbonyl (C=O) groups excluding carboxylic acids is 1. The van der Waals surface area contributed by atoms with E-state index in [0.29, 0.717) is 22.6 Å². The van der Waals surface area contributed by atoms with Crippen molar-refractivity contribution in [2.75, 3.05) is 12.4 Å². The lowest BCUT2D eigenvalue weighted by Gasteiger charge is -2.07. The quantitative estimate of drug-likeness (QED) is 0.762. The van der Waals surface area contributed by atoms with Crippen LogP contribution in [0.15, 0.2) is 47.2 Å². The average molecular weight is 346 g/mol. The Balaban J connectivity index is 1.88. The molecule has 5 nitrogen and oxygen atoms in total. The Morgan fingerprint density at radius 3 is 3.00 bits per heavy atom. The lowest BCUT2D eigenvalue weighted by atomic mass is 10.2. The molecule has 0 fully saturated rings. The van der Waals surface area contributed by atoms with Crippen LogP contribution in [0.1, 0.15) is 10.4 Å². The summed E-state index contributed by atoms with van der Waals surface area (Å²) in [6.07, 6.45) is 3.34. The van der Waals surface area contributed by atoms with E-state index in [-0.39, 0.29) is 5.91 Å². The number of aromatic amines is 1. The van der Waals surface area contributed by atoms with Crippen molar-refractivity contribution in [1.29, 1.82) is 0 Å². The molecule has 1 amide bonds. The van der Waals surface area contributed by atoms with Crippen LogP contribution in [-0.4, -0.2) is 23.0 Å². The number of amides is 1. The highest BCUT2D eigenvalue weighted by atomic mass is 79.9. The van der Waals surface area contributed by atoms with Gasteiger partial charge >= 0.3 is 0 Å². The van der Waals surface area contributed by atoms with Crippen LogP contribution in [0.4, 0.5) is 5.69 Å². The summed E-state index contributed by atoms with van der Waals surface area (Å²) < 4.78 is 5.94. The summed E-state index contributed by atoms with van der Waals surface area (Å²) in [6.45, 7) is 0. The molecule has 0 unspecified atom stereocenters. The first-order valence-electron chi connectivity index (χ1n) is 6.26. The van der Waals surface area contributed by atoms with Crippen LogP contribution in [0.25, 0.3) is 11.0 Å². The van der Waals surface area contributed by atoms with Crippen molar-refractivity contribution >= 4 is 38.6 Å². The summed E-state index contributed by atoms with van der Waals surface area (Å²) in [5.41, 5.74) is 1.94. The number of rotatable bonds is 3. The number of nitrogens with zero attached hydrogens (tertiary/aromatic N) is 1. The predicted octanol–water partition coefficient (Wildman–Crippen LogP) is 3.59. The van der Waals surface area contributed by atoms with E-state index in [4.69, 9.17) is 4.74 Å². The van der Waals surface area contributed by atoms with Crippen LogP contribution >= 0.6 is 15.9 Å². The zero-order valence-electron chi connectivity index (χ0n) is 11.2. The Morgan fingerprint density at radius 2 is 2.24 bits per heavy atom. The highest BCUT2D eigenvalue weighted by Crippen LogP contribution is 2.28. The van der Waals surface area contributed by atoms with Crippen molar-refractivity contribution in [3.63, 3.8) is 0 Å². The van der Waals surface area contributed by atoms with E-state index >= 15 is 0 Å². The molecule has 106 valence electrons. The van der Waals surface area contributed by atoms with E-state index in [0.717, 1.165) is 9.86 Å². The number of nitrogens with one attached hydrogen (secondary N) is 2. The van der Waals surface area contributed by atoms with Gasteiger partial charge in [-0.1, -0.05) is 0 Å². The average Bonchev–Trinajstić information content (AvgIpc) is 2.91. The lowest BCUT2D eigenvalue weighted by molar-refractivity contribution is 0.102. The zero-order valence-corrected chi connectivity index (χ0v) is 12.8. The maximum absolute atomic E-state index is 12.3. The van der Waals surface area contributed by atoms with Gasteiger partial charge in [0.15, 0.2) is 0 Å². The molecule has 2 aromatic heterocycles. The Labute approximate surface area is 129 Å². The number of aromatic nitrogens is 2. The topological polar surface area (TPSA) is 67.0 Å². The number of carbonyl (C=O) groups is 1. The number of ether oxygens (including phenoxy) is 1. The van der Waals surface area contributed by atoms with Gasteiger partial charge in [0.2, 0.25) is 0 Å². The maximum Gasteiger partial charge on any atom is 0.257 e. The number of hydrogen-bond acceptors (Lipinski definition) is 3. The lowest BCUT2D eigenvalue weighted by Crippen LogP contribution is -2.11. The van der Waals surface area contributed by atoms with Crippen LogP contribution < -0.4 is 10.1 Å². The minimum atomic E-state index is -0.189. The molecule has 0 radical (unpaired) electrons. The van der Waals surface area contributed by atoms with Crippen molar-refractivity contribution in [3.8, 4) is 5.75 Å². The smallest absolute Gasteiger partial charge is 0.257 e. The standard InChI is InChI=1S/C15H12BrN3O2/c1-21-13-5-4-9(7-12(13)16)19-15(20)11-8-18-14-10(11)3-2-6-17-14/h2-8H,1H3,(H,17,18)(H,19,20). The highest BCUT2D eigenvalue weighted by molar-refractivity contribution is 9.10. The number of H-pyrrole nitrogens is 1. The molecule has 0 saturated carbocycles. The maximum atomic E-state index is 12.3. The van der Waals surface area contributed by atoms with Crippen molar-refractivity contribution in [1.82, 2.24) is 9.97 Å². The fourth-order valence-corrected chi connectivity index (χ4v) is 2.63. The summed E-state index contributed by atoms with van der Waals surface area (Å²) in [4.78, 5) is 19.5. The summed E-state index contributed by atoms with van der Waals surface area (Å²) in [5, 5.41) is 3.65. The Bertz CT molecular complexity index is 814. The predicted molar refractivity (Wildman–Crippen MR) is 84.7 cm³/mol. The number of benzene rings is 1. The second kappa shape index (κ2) is 5.57. The minimum absolute atomic E-state index is 0.189. The summed E-state index contributed by atoms with van der Waals surface area (Å²) >= 11 is 3.39. The summed E-state index contributed by atoms with van der Waals surface area (Å²) in [6, 6.07) is 9.03. The van der Waals surface area contributed by atoms with Crippen molar-refractivity contribution in [3.05, 3.63) is 52.8 Å². The molecule has 1 aromatic carbocycles. The van der Waals surface area contributed by atoms with Gasteiger partial charge in [0.1, 0.15) is 11.4 Å². The molecule has 2 heterocycles. The molecule has 0 aliphatic rings. The van der Waals surface area contributed by atoms with Gasteiger partial charge < -0.3 is 15.0 Å². The molecular weight excluding hydrogens is 334 g/mol. The third-order valence-electron chi connectivity index (χ3n) is 3.11. The second-order valence-corrected chi connectivity index (χ2v) is 5.26. The van der Waals surface area contributed by atoms with E-state index in [2.05, 4.69) is 31.2 Å². The van der Waals surface area contributed by atoms with E-state index in [1.54, 1.807) is 43.8 Å². The fraction of sp³-hybridized carbons (Fsp3) is 0.0667. The fourth-order valence-electron chi connectivity index (χ4n) is 2.09. The molecule has 6 heteroatoms. The highest BCUT2D eigenvalue weighted by Gasteiger charge is 2.13. The van der Waals surface area contributed by atoms with Gasteiger partial charge in [-0.3, -0.25) is 4.79 Å². The Morgan fingerprint density at radius 1 is 1.38 bits per heavy atom. The first-order valence-corrected chi connectivity index (χ1v) is 7.05. The van der Waals surface area contributed by atoms with Crippen molar-refractivity contribution in [2.45, 2.75) is 0 Å². The first kappa shape index (κ1) is 13.6. The largest absolute Gasteiger partial charge is 0.496 e. The number of fused-ring (bicyclic) bond motifs is 1. The molecule has 0 bridgehead atoms. The van der Waals surface area contributed by atoms with Gasteiger partial charge in [0.05, 0.1) is 17.1 Å². The van der Waals surface area contributed by atoms with Gasteiger partial charge in [-0.15, -0.1) is 0 Å². The monoisotopic (exact) mass is 345 g/mol. The van der Waals surface area contributed by atoms with E-state index in [1.165, 1.54) is 0 Å². The molecule has 3 aromatic rings. The third-order valence-corrected chi connectivity index (χ3v) is 3.73. The number of pyridine rings is 1. The SMILES string of the molecule is COc1ccc(NC(=O)c2c[nH]c3ncccc23)cc1Br. The molecule has 0 atom stereocenters. The molecule has 21 heavy (non-hydrogen) atoms. The van der Waals surface area contributed by atoms with Gasteiger partial charge in [-0.05, 0) is 46.3 Å². The number of methoxy groups -OCH3 is 1. The van der Waals surface area contributed by atoms with Crippen LogP contribution in [-0.2, 0) is 0 Å². The normalized spacial score (nSPS) is 10.6. The number of halogens is 1. The number of hydrogen-bond donors (Lipinski definition) is 2. The minimum Gasteiger partial charge on any atom is -0.496 e. The number of anilines is 1. The molecule has 0 aliphatic heterocycles. The van der Waals surface area contributed by atoms with Gasteiger partial charge in [0, 0.05) is 23.5 Å². The summed E-state index contributed by atoms with van der Waals surface area (Å²) in [5.74, 6) is 0.524. The van der Waals surface area contributed by atoms with Crippen LogP contribution in [0.2, 0.25) is 0 Å².